The van der Waals surface area contributed by atoms with Crippen molar-refractivity contribution in [2.75, 3.05) is 0 Å². The Morgan fingerprint density at radius 2 is 1.67 bits per heavy atom. The van der Waals surface area contributed by atoms with E-state index in [2.05, 4.69) is 4.98 Å². The second kappa shape index (κ2) is 6.33. The van der Waals surface area contributed by atoms with E-state index in [9.17, 15) is 15.2 Å². The number of phenolic OH excluding ortho intramolecular Hbond substituents is 1. The second-order valence-corrected chi connectivity index (χ2v) is 4.12. The SMILES string of the molecule is O=[N+]([O-])c1ccc(O)c2ccccc12.Oc1cccnc1. The van der Waals surface area contributed by atoms with Crippen LogP contribution < -0.4 is 0 Å². The number of non-ortho nitro benzene ring substituents is 1. The fourth-order valence-corrected chi connectivity index (χ4v) is 1.78. The van der Waals surface area contributed by atoms with Gasteiger partial charge < -0.3 is 10.2 Å². The van der Waals surface area contributed by atoms with Gasteiger partial charge >= 0.3 is 0 Å². The van der Waals surface area contributed by atoms with E-state index in [0.717, 1.165) is 0 Å². The standard InChI is InChI=1S/C10H7NO3.C5H5NO/c12-10-6-5-9(11(13)14)7-3-1-2-4-8(7)10;7-5-2-1-3-6-4-5/h1-6,12H;1-4,7H. The normalized spacial score (nSPS) is 9.71. The molecular formula is C15H12N2O4. The molecule has 0 spiro atoms. The first-order chi connectivity index (χ1) is 10.1. The number of phenols is 1. The Kier molecular flexibility index (Phi) is 4.30. The van der Waals surface area contributed by atoms with Gasteiger partial charge in [0, 0.05) is 17.6 Å². The van der Waals surface area contributed by atoms with Gasteiger partial charge in [0.2, 0.25) is 0 Å². The maximum atomic E-state index is 10.7. The molecule has 0 atom stereocenters. The van der Waals surface area contributed by atoms with E-state index in [-0.39, 0.29) is 17.2 Å². The average molecular weight is 284 g/mol. The molecule has 2 N–H and O–H groups in total. The van der Waals surface area contributed by atoms with Crippen LogP contribution in [0.1, 0.15) is 0 Å². The van der Waals surface area contributed by atoms with Gasteiger partial charge in [-0.2, -0.15) is 0 Å². The summed E-state index contributed by atoms with van der Waals surface area (Å²) in [6.07, 6.45) is 3.00. The van der Waals surface area contributed by atoms with E-state index in [1.165, 1.54) is 18.3 Å². The maximum Gasteiger partial charge on any atom is 0.277 e. The summed E-state index contributed by atoms with van der Waals surface area (Å²) in [7, 11) is 0. The van der Waals surface area contributed by atoms with Crippen molar-refractivity contribution in [3.05, 3.63) is 71.0 Å². The van der Waals surface area contributed by atoms with Crippen LogP contribution in [-0.4, -0.2) is 20.1 Å². The van der Waals surface area contributed by atoms with Crippen molar-refractivity contribution in [2.45, 2.75) is 0 Å². The topological polar surface area (TPSA) is 96.5 Å². The molecule has 0 amide bonds. The van der Waals surface area contributed by atoms with Crippen LogP contribution in [0.25, 0.3) is 10.8 Å². The van der Waals surface area contributed by atoms with Crippen molar-refractivity contribution in [3.8, 4) is 11.5 Å². The number of rotatable bonds is 1. The van der Waals surface area contributed by atoms with Gasteiger partial charge in [0.15, 0.2) is 0 Å². The Morgan fingerprint density at radius 3 is 2.19 bits per heavy atom. The van der Waals surface area contributed by atoms with E-state index < -0.39 is 4.92 Å². The number of aromatic nitrogens is 1. The van der Waals surface area contributed by atoms with Crippen molar-refractivity contribution in [2.24, 2.45) is 0 Å². The van der Waals surface area contributed by atoms with Crippen LogP contribution >= 0.6 is 0 Å². The number of hydrogen-bond donors (Lipinski definition) is 2. The number of hydrogen-bond acceptors (Lipinski definition) is 5. The molecular weight excluding hydrogens is 272 g/mol. The molecule has 0 saturated carbocycles. The number of benzene rings is 2. The van der Waals surface area contributed by atoms with E-state index in [1.807, 2.05) is 0 Å². The van der Waals surface area contributed by atoms with Gasteiger partial charge in [-0.3, -0.25) is 15.1 Å². The highest BCUT2D eigenvalue weighted by atomic mass is 16.6. The first-order valence-corrected chi connectivity index (χ1v) is 6.03. The van der Waals surface area contributed by atoms with Gasteiger partial charge in [0.25, 0.3) is 5.69 Å². The van der Waals surface area contributed by atoms with Gasteiger partial charge in [0.05, 0.1) is 16.5 Å². The quantitative estimate of drug-likeness (QED) is 0.528. The van der Waals surface area contributed by atoms with Crippen LogP contribution in [0.4, 0.5) is 5.69 Å². The molecule has 6 nitrogen and oxygen atoms in total. The summed E-state index contributed by atoms with van der Waals surface area (Å²) in [4.78, 5) is 13.8. The molecule has 3 aromatic rings. The Morgan fingerprint density at radius 1 is 0.952 bits per heavy atom. The smallest absolute Gasteiger partial charge is 0.277 e. The first kappa shape index (κ1) is 14.3. The predicted octanol–water partition coefficient (Wildman–Crippen LogP) is 3.24. The van der Waals surface area contributed by atoms with Crippen LogP contribution in [0.5, 0.6) is 11.5 Å². The Labute approximate surface area is 120 Å². The molecule has 3 rings (SSSR count). The van der Waals surface area contributed by atoms with Crippen molar-refractivity contribution in [1.29, 1.82) is 0 Å². The van der Waals surface area contributed by atoms with E-state index in [1.54, 1.807) is 42.6 Å². The number of fused-ring (bicyclic) bond motifs is 1. The number of nitro groups is 1. The summed E-state index contributed by atoms with van der Waals surface area (Å²) in [5.41, 5.74) is 0.0124. The predicted molar refractivity (Wildman–Crippen MR) is 78.2 cm³/mol. The Hall–Kier alpha value is -3.15. The third-order valence-electron chi connectivity index (χ3n) is 2.72. The minimum absolute atomic E-state index is 0.0124. The molecule has 0 aliphatic rings. The van der Waals surface area contributed by atoms with Crippen LogP contribution in [0, 0.1) is 10.1 Å². The average Bonchev–Trinajstić information content (AvgIpc) is 2.49. The number of nitro benzene ring substituents is 1. The third kappa shape index (κ3) is 3.44. The zero-order valence-electron chi connectivity index (χ0n) is 10.9. The van der Waals surface area contributed by atoms with Crippen LogP contribution in [0.15, 0.2) is 60.9 Å². The molecule has 0 saturated heterocycles. The number of aromatic hydroxyl groups is 2. The van der Waals surface area contributed by atoms with E-state index in [4.69, 9.17) is 5.11 Å². The first-order valence-electron chi connectivity index (χ1n) is 6.03. The summed E-state index contributed by atoms with van der Waals surface area (Å²) in [5.74, 6) is 0.272. The Balaban J connectivity index is 0.000000194. The molecule has 0 fully saturated rings. The summed E-state index contributed by atoms with van der Waals surface area (Å²) in [5, 5.41) is 29.6. The van der Waals surface area contributed by atoms with Crippen molar-refractivity contribution in [3.63, 3.8) is 0 Å². The fourth-order valence-electron chi connectivity index (χ4n) is 1.78. The highest BCUT2D eigenvalue weighted by Gasteiger charge is 2.12. The molecule has 2 aromatic carbocycles. The van der Waals surface area contributed by atoms with Crippen LogP contribution in [0.2, 0.25) is 0 Å². The van der Waals surface area contributed by atoms with Gasteiger partial charge in [-0.25, -0.2) is 0 Å². The van der Waals surface area contributed by atoms with Crippen molar-refractivity contribution >= 4 is 16.5 Å². The lowest BCUT2D eigenvalue weighted by Crippen LogP contribution is -1.88. The summed E-state index contributed by atoms with van der Waals surface area (Å²) in [6.45, 7) is 0. The molecule has 0 aliphatic heterocycles. The number of nitrogens with zero attached hydrogens (tertiary/aromatic N) is 2. The number of pyridine rings is 1. The highest BCUT2D eigenvalue weighted by molar-refractivity contribution is 5.94. The maximum absolute atomic E-state index is 10.7. The van der Waals surface area contributed by atoms with Gasteiger partial charge in [0.1, 0.15) is 11.5 Å². The van der Waals surface area contributed by atoms with Crippen LogP contribution in [0.3, 0.4) is 0 Å². The zero-order valence-corrected chi connectivity index (χ0v) is 10.9. The van der Waals surface area contributed by atoms with Gasteiger partial charge in [-0.05, 0) is 24.3 Å². The lowest BCUT2D eigenvalue weighted by Gasteiger charge is -2.00. The summed E-state index contributed by atoms with van der Waals surface area (Å²) < 4.78 is 0. The minimum atomic E-state index is -0.457. The molecule has 0 unspecified atom stereocenters. The largest absolute Gasteiger partial charge is 0.507 e. The molecule has 106 valence electrons. The molecule has 0 aliphatic carbocycles. The molecule has 21 heavy (non-hydrogen) atoms. The zero-order chi connectivity index (χ0) is 15.2. The monoisotopic (exact) mass is 284 g/mol. The molecule has 1 aromatic heterocycles. The summed E-state index contributed by atoms with van der Waals surface area (Å²) in [6, 6.07) is 12.6. The molecule has 6 heteroatoms. The fraction of sp³-hybridized carbons (Fsp3) is 0. The van der Waals surface area contributed by atoms with E-state index >= 15 is 0 Å². The van der Waals surface area contributed by atoms with Gasteiger partial charge in [-0.1, -0.05) is 18.2 Å². The molecule has 0 radical (unpaired) electrons. The van der Waals surface area contributed by atoms with E-state index in [0.29, 0.717) is 10.8 Å². The molecule has 0 bridgehead atoms. The lowest BCUT2D eigenvalue weighted by atomic mass is 10.1. The lowest BCUT2D eigenvalue weighted by molar-refractivity contribution is -0.383. The Bertz CT molecular complexity index is 760. The summed E-state index contributed by atoms with van der Waals surface area (Å²) >= 11 is 0. The van der Waals surface area contributed by atoms with Crippen molar-refractivity contribution in [1.82, 2.24) is 4.98 Å². The third-order valence-corrected chi connectivity index (χ3v) is 2.72. The highest BCUT2D eigenvalue weighted by Crippen LogP contribution is 2.31. The second-order valence-electron chi connectivity index (χ2n) is 4.12. The van der Waals surface area contributed by atoms with Crippen LogP contribution in [-0.2, 0) is 0 Å². The van der Waals surface area contributed by atoms with Crippen molar-refractivity contribution < 1.29 is 15.1 Å². The molecule has 1 heterocycles. The minimum Gasteiger partial charge on any atom is -0.507 e. The van der Waals surface area contributed by atoms with Gasteiger partial charge in [-0.15, -0.1) is 0 Å².